The molecular formula is C6H6N4O3S. The zero-order valence-electron chi connectivity index (χ0n) is 6.84. The highest BCUT2D eigenvalue weighted by Crippen LogP contribution is 2.10. The van der Waals surface area contributed by atoms with Crippen LogP contribution in [0.5, 0.6) is 0 Å². The monoisotopic (exact) mass is 214 g/mol. The van der Waals surface area contributed by atoms with Crippen molar-refractivity contribution in [3.63, 3.8) is 0 Å². The van der Waals surface area contributed by atoms with Gasteiger partial charge in [0.05, 0.1) is 6.20 Å². The molecule has 0 fully saturated rings. The summed E-state index contributed by atoms with van der Waals surface area (Å²) in [5.41, 5.74) is 0. The van der Waals surface area contributed by atoms with E-state index < -0.39 is 10.0 Å². The van der Waals surface area contributed by atoms with E-state index in [-0.39, 0.29) is 10.8 Å². The lowest BCUT2D eigenvalue weighted by molar-refractivity contribution is 0.423. The van der Waals surface area contributed by atoms with Crippen molar-refractivity contribution < 1.29 is 12.9 Å². The Hall–Kier alpha value is -1.83. The van der Waals surface area contributed by atoms with E-state index >= 15 is 0 Å². The molecule has 0 bridgehead atoms. The van der Waals surface area contributed by atoms with Crippen LogP contribution in [0, 0.1) is 0 Å². The van der Waals surface area contributed by atoms with Crippen LogP contribution >= 0.6 is 0 Å². The number of nitrogens with zero attached hydrogens (tertiary/aromatic N) is 2. The van der Waals surface area contributed by atoms with E-state index in [9.17, 15) is 8.42 Å². The summed E-state index contributed by atoms with van der Waals surface area (Å²) >= 11 is 0. The molecule has 0 spiro atoms. The van der Waals surface area contributed by atoms with Gasteiger partial charge < -0.3 is 4.52 Å². The highest BCUT2D eigenvalue weighted by molar-refractivity contribution is 7.92. The van der Waals surface area contributed by atoms with Crippen molar-refractivity contribution in [3.05, 3.63) is 24.6 Å². The van der Waals surface area contributed by atoms with Crippen molar-refractivity contribution in [2.24, 2.45) is 0 Å². The molecular weight excluding hydrogens is 208 g/mol. The van der Waals surface area contributed by atoms with Gasteiger partial charge in [-0.15, -0.1) is 0 Å². The lowest BCUT2D eigenvalue weighted by Crippen LogP contribution is -2.13. The molecule has 7 nitrogen and oxygen atoms in total. The van der Waals surface area contributed by atoms with E-state index in [1.807, 2.05) is 0 Å². The summed E-state index contributed by atoms with van der Waals surface area (Å²) in [5.74, 6) is 0.125. The zero-order chi connectivity index (χ0) is 10.0. The first-order valence-corrected chi connectivity index (χ1v) is 5.09. The highest BCUT2D eigenvalue weighted by atomic mass is 32.2. The molecule has 2 aromatic heterocycles. The normalized spacial score (nSPS) is 11.4. The Morgan fingerprint density at radius 2 is 2.29 bits per heavy atom. The lowest BCUT2D eigenvalue weighted by Gasteiger charge is -2.00. The Balaban J connectivity index is 2.27. The second kappa shape index (κ2) is 3.14. The molecule has 0 saturated heterocycles. The number of aromatic nitrogens is 3. The number of sulfonamides is 1. The predicted octanol–water partition coefficient (Wildman–Crippen LogP) is 0.198. The van der Waals surface area contributed by atoms with Gasteiger partial charge >= 0.3 is 0 Å². The Morgan fingerprint density at radius 1 is 1.43 bits per heavy atom. The average molecular weight is 214 g/mol. The Kier molecular flexibility index (Phi) is 1.97. The van der Waals surface area contributed by atoms with E-state index in [1.54, 1.807) is 0 Å². The minimum Gasteiger partial charge on any atom is -0.363 e. The van der Waals surface area contributed by atoms with E-state index in [1.165, 1.54) is 24.6 Å². The summed E-state index contributed by atoms with van der Waals surface area (Å²) in [6, 6.07) is 2.73. The molecule has 2 N–H and O–H groups in total. The molecule has 14 heavy (non-hydrogen) atoms. The number of aromatic amines is 1. The van der Waals surface area contributed by atoms with E-state index in [0.29, 0.717) is 0 Å². The minimum absolute atomic E-state index is 0.0273. The molecule has 0 aliphatic heterocycles. The molecule has 2 heterocycles. The molecule has 0 saturated carbocycles. The number of hydrogen-bond donors (Lipinski definition) is 2. The van der Waals surface area contributed by atoms with Gasteiger partial charge in [-0.3, -0.25) is 9.82 Å². The molecule has 2 rings (SSSR count). The van der Waals surface area contributed by atoms with Crippen LogP contribution in [0.25, 0.3) is 0 Å². The number of rotatable bonds is 3. The summed E-state index contributed by atoms with van der Waals surface area (Å²) < 4.78 is 29.7. The fourth-order valence-corrected chi connectivity index (χ4v) is 1.75. The van der Waals surface area contributed by atoms with Crippen molar-refractivity contribution in [2.45, 2.75) is 5.03 Å². The van der Waals surface area contributed by atoms with Gasteiger partial charge in [-0.25, -0.2) is 0 Å². The molecule has 0 unspecified atom stereocenters. The van der Waals surface area contributed by atoms with Crippen molar-refractivity contribution >= 4 is 15.8 Å². The van der Waals surface area contributed by atoms with E-state index in [0.717, 1.165) is 0 Å². The number of H-pyrrole nitrogens is 1. The van der Waals surface area contributed by atoms with Gasteiger partial charge in [0.1, 0.15) is 6.26 Å². The van der Waals surface area contributed by atoms with Crippen molar-refractivity contribution in [1.82, 2.24) is 15.4 Å². The Bertz CT molecular complexity index is 487. The molecule has 0 amide bonds. The third kappa shape index (κ3) is 1.59. The summed E-state index contributed by atoms with van der Waals surface area (Å²) in [4.78, 5) is 0. The molecule has 0 aliphatic carbocycles. The van der Waals surface area contributed by atoms with Crippen LogP contribution in [0.15, 0.2) is 34.1 Å². The second-order valence-corrected chi connectivity index (χ2v) is 4.06. The molecule has 2 aromatic rings. The van der Waals surface area contributed by atoms with Gasteiger partial charge in [-0.2, -0.15) is 13.5 Å². The second-order valence-electron chi connectivity index (χ2n) is 2.41. The molecule has 0 aliphatic rings. The van der Waals surface area contributed by atoms with Gasteiger partial charge in [-0.1, -0.05) is 5.16 Å². The van der Waals surface area contributed by atoms with E-state index in [2.05, 4.69) is 24.6 Å². The topological polar surface area (TPSA) is 101 Å². The molecule has 0 atom stereocenters. The third-order valence-electron chi connectivity index (χ3n) is 1.44. The molecule has 8 heteroatoms. The molecule has 74 valence electrons. The van der Waals surface area contributed by atoms with Crippen molar-refractivity contribution in [3.8, 4) is 0 Å². The highest BCUT2D eigenvalue weighted by Gasteiger charge is 2.16. The lowest BCUT2D eigenvalue weighted by atomic mass is 10.7. The summed E-state index contributed by atoms with van der Waals surface area (Å²) in [5, 5.41) is 9.25. The van der Waals surface area contributed by atoms with Crippen LogP contribution in [0.1, 0.15) is 0 Å². The summed E-state index contributed by atoms with van der Waals surface area (Å²) in [7, 11) is -3.63. The first-order chi connectivity index (χ1) is 6.68. The van der Waals surface area contributed by atoms with Gasteiger partial charge in [0.15, 0.2) is 10.8 Å². The van der Waals surface area contributed by atoms with Crippen LogP contribution in [0.2, 0.25) is 0 Å². The SMILES string of the molecule is O=S(=O)(Nc1ccon1)c1ccn[nH]1. The van der Waals surface area contributed by atoms with E-state index in [4.69, 9.17) is 0 Å². The smallest absolute Gasteiger partial charge is 0.280 e. The number of anilines is 1. The first-order valence-electron chi connectivity index (χ1n) is 3.61. The Labute approximate surface area is 79.2 Å². The maximum atomic E-state index is 11.5. The van der Waals surface area contributed by atoms with Crippen molar-refractivity contribution in [1.29, 1.82) is 0 Å². The Morgan fingerprint density at radius 3 is 2.86 bits per heavy atom. The number of nitrogens with one attached hydrogen (secondary N) is 2. The quantitative estimate of drug-likeness (QED) is 0.759. The molecule has 0 radical (unpaired) electrons. The van der Waals surface area contributed by atoms with Crippen LogP contribution < -0.4 is 4.72 Å². The van der Waals surface area contributed by atoms with Crippen LogP contribution in [-0.2, 0) is 10.0 Å². The van der Waals surface area contributed by atoms with Crippen LogP contribution in [0.4, 0.5) is 5.82 Å². The maximum absolute atomic E-state index is 11.5. The predicted molar refractivity (Wildman–Crippen MR) is 45.9 cm³/mol. The third-order valence-corrected chi connectivity index (χ3v) is 2.73. The van der Waals surface area contributed by atoms with Gasteiger partial charge in [0, 0.05) is 6.07 Å². The fourth-order valence-electron chi connectivity index (χ4n) is 0.851. The largest absolute Gasteiger partial charge is 0.363 e. The standard InChI is InChI=1S/C6H6N4O3S/c11-14(12,6-1-3-7-8-6)10-5-2-4-13-9-5/h1-4H,(H,7,8)(H,9,10). The number of hydrogen-bond acceptors (Lipinski definition) is 5. The van der Waals surface area contributed by atoms with Gasteiger partial charge in [0.2, 0.25) is 0 Å². The van der Waals surface area contributed by atoms with Crippen molar-refractivity contribution in [2.75, 3.05) is 4.72 Å². The average Bonchev–Trinajstić information content (AvgIpc) is 2.71. The first kappa shape index (κ1) is 8.75. The molecule has 0 aromatic carbocycles. The summed E-state index contributed by atoms with van der Waals surface area (Å²) in [6.07, 6.45) is 2.61. The van der Waals surface area contributed by atoms with Crippen LogP contribution in [-0.4, -0.2) is 23.8 Å². The summed E-state index contributed by atoms with van der Waals surface area (Å²) in [6.45, 7) is 0. The maximum Gasteiger partial charge on any atom is 0.280 e. The van der Waals surface area contributed by atoms with Gasteiger partial charge in [-0.05, 0) is 6.07 Å². The van der Waals surface area contributed by atoms with Gasteiger partial charge in [0.25, 0.3) is 10.0 Å². The fraction of sp³-hybridized carbons (Fsp3) is 0. The minimum atomic E-state index is -3.63. The zero-order valence-corrected chi connectivity index (χ0v) is 7.65. The van der Waals surface area contributed by atoms with Crippen LogP contribution in [0.3, 0.4) is 0 Å².